The predicted molar refractivity (Wildman–Crippen MR) is 261 cm³/mol. The van der Waals surface area contributed by atoms with Crippen molar-refractivity contribution >= 4 is 130 Å². The minimum absolute atomic E-state index is 0. The Balaban J connectivity index is 0.00000294. The number of nitrogens with two attached hydrogens (primary N) is 2. The maximum Gasteiger partial charge on any atom is 1.00 e. The van der Waals surface area contributed by atoms with Gasteiger partial charge >= 0.3 is 118 Å². The van der Waals surface area contributed by atoms with Crippen molar-refractivity contribution < 1.29 is 190 Å². The average molecular weight is 1190 g/mol. The van der Waals surface area contributed by atoms with E-state index in [0.29, 0.717) is 0 Å². The molecule has 1 aliphatic carbocycles. The zero-order valence-corrected chi connectivity index (χ0v) is 52.8. The molecule has 0 spiro atoms. The zero-order chi connectivity index (χ0) is 54.8. The minimum Gasteiger partial charge on any atom is -0.744 e. The van der Waals surface area contributed by atoms with E-state index in [9.17, 15) is 71.7 Å². The summed E-state index contributed by atoms with van der Waals surface area (Å²) in [6, 6.07) is 22.4. The van der Waals surface area contributed by atoms with Crippen molar-refractivity contribution in [3.05, 3.63) is 144 Å². The van der Waals surface area contributed by atoms with Crippen LogP contribution in [-0.2, 0) is 40.5 Å². The maximum absolute atomic E-state index is 13.9. The number of phenolic OH excluding ortho intramolecular Hbond substituents is 2. The second-order valence-electron chi connectivity index (χ2n) is 16.1. The molecule has 0 radical (unpaired) electrons. The quantitative estimate of drug-likeness (QED) is 0.0402. The van der Waals surface area contributed by atoms with Crippen LogP contribution < -0.4 is 130 Å². The molecule has 0 aromatic heterocycles. The molecule has 0 heterocycles. The van der Waals surface area contributed by atoms with Crippen LogP contribution in [0.15, 0.2) is 182 Å². The number of nitrogen functional groups attached to an aromatic ring is 2. The van der Waals surface area contributed by atoms with E-state index >= 15 is 0 Å². The number of azo groups is 4. The van der Waals surface area contributed by atoms with E-state index in [2.05, 4.69) is 40.9 Å². The SMILES string of the molecule is Nc1ccc(N=Nc2ccc3c(c2)C(=O)c2ccc(N=Nc4ccc(N)c5c(O)c(N=Nc6ccc(S(=O)(=O)[O-])cc6)c(S(=O)(=O)[O-])cc45)cc2C3=O)c2cc(S(=O)(=O)[O-])c(N=Nc3ccc(S(=O)(=O)[O-])cc3)c(O)c12.[Na+].[Na+].[Na+].[Na+]. The molecule has 0 unspecified atom stereocenters. The molecule has 34 heteroatoms. The van der Waals surface area contributed by atoms with Crippen molar-refractivity contribution in [2.24, 2.45) is 40.9 Å². The Morgan fingerprint density at radius 1 is 0.362 bits per heavy atom. The van der Waals surface area contributed by atoms with Gasteiger partial charge in [-0.15, -0.1) is 20.5 Å². The van der Waals surface area contributed by atoms with Crippen molar-refractivity contribution in [2.45, 2.75) is 19.6 Å². The number of carbonyl (C=O) groups excluding carboxylic acids is 2. The molecule has 8 aromatic rings. The van der Waals surface area contributed by atoms with Crippen molar-refractivity contribution in [1.29, 1.82) is 0 Å². The van der Waals surface area contributed by atoms with E-state index in [1.807, 2.05) is 0 Å². The first-order valence-corrected chi connectivity index (χ1v) is 26.6. The van der Waals surface area contributed by atoms with E-state index in [4.69, 9.17) is 11.5 Å². The van der Waals surface area contributed by atoms with E-state index in [0.717, 1.165) is 60.7 Å². The largest absolute Gasteiger partial charge is 1.00 e. The van der Waals surface area contributed by atoms with Gasteiger partial charge in [0, 0.05) is 44.4 Å². The summed E-state index contributed by atoms with van der Waals surface area (Å²) in [6.45, 7) is 0. The number of fused-ring (bicyclic) bond motifs is 4. The van der Waals surface area contributed by atoms with Crippen molar-refractivity contribution in [1.82, 2.24) is 0 Å². The van der Waals surface area contributed by atoms with Gasteiger partial charge in [0.05, 0.1) is 64.5 Å². The normalized spacial score (nSPS) is 12.8. The van der Waals surface area contributed by atoms with E-state index in [-0.39, 0.29) is 208 Å². The summed E-state index contributed by atoms with van der Waals surface area (Å²) < 4.78 is 143. The molecule has 0 atom stereocenters. The predicted octanol–water partition coefficient (Wildman–Crippen LogP) is -3.36. The summed E-state index contributed by atoms with van der Waals surface area (Å²) >= 11 is 0. The number of rotatable bonds is 12. The van der Waals surface area contributed by atoms with Gasteiger partial charge in [-0.25, -0.2) is 33.7 Å². The third kappa shape index (κ3) is 13.5. The molecule has 0 saturated carbocycles. The Morgan fingerprint density at radius 2 is 0.675 bits per heavy atom. The number of hydrogen-bond acceptors (Lipinski definition) is 26. The van der Waals surface area contributed by atoms with Crippen molar-refractivity contribution in [3.8, 4) is 11.5 Å². The van der Waals surface area contributed by atoms with Gasteiger partial charge in [-0.05, 0) is 121 Å². The van der Waals surface area contributed by atoms with Crippen LogP contribution in [0.4, 0.5) is 56.9 Å². The number of hydrogen-bond donors (Lipinski definition) is 4. The van der Waals surface area contributed by atoms with Gasteiger partial charge in [0.1, 0.15) is 51.8 Å². The van der Waals surface area contributed by atoms with Crippen LogP contribution in [0.1, 0.15) is 31.8 Å². The smallest absolute Gasteiger partial charge is 0.744 e. The molecule has 9 rings (SSSR count). The molecule has 26 nitrogen and oxygen atoms in total. The topological polar surface area (TPSA) is 454 Å². The van der Waals surface area contributed by atoms with Gasteiger partial charge < -0.3 is 39.9 Å². The Morgan fingerprint density at radius 3 is 0.988 bits per heavy atom. The molecule has 384 valence electrons. The standard InChI is InChI=1S/C46H30N10O16S4.4Na/c47-33-13-15-35(31-19-37(75(67,68)69)41(45(59)39(31)33)55-49-21-1-7-25(8-2-21)73(61,62)63)53-51-23-5-11-27-29(17-23)43(57)28-12-6-24(18-30(28)44(27)58)52-54-36-16-14-34(48)40-32(36)20-38(76(70,71)72)42(46(40)60)56-50-22-3-9-26(10-4-22)74(64,65)66;;;;/h1-20,59-60H,47-48H2,(H,61,62,63)(H,64,65,66)(H,67,68,69)(H,70,71,72);;;;/q;4*+1/p-4. The van der Waals surface area contributed by atoms with Crippen molar-refractivity contribution in [3.63, 3.8) is 0 Å². The number of ketones is 2. The Kier molecular flexibility index (Phi) is 20.6. The van der Waals surface area contributed by atoms with Crippen LogP contribution in [0, 0.1) is 0 Å². The fourth-order valence-electron chi connectivity index (χ4n) is 7.74. The zero-order valence-electron chi connectivity index (χ0n) is 41.5. The Bertz CT molecular complexity index is 4210. The molecule has 0 fully saturated rings. The Labute approximate surface area is 540 Å². The van der Waals surface area contributed by atoms with Gasteiger partial charge in [-0.2, -0.15) is 20.5 Å². The monoisotopic (exact) mass is 1190 g/mol. The summed E-state index contributed by atoms with van der Waals surface area (Å²) in [7, 11) is -20.4. The van der Waals surface area contributed by atoms with Crippen LogP contribution in [0.2, 0.25) is 0 Å². The van der Waals surface area contributed by atoms with Crippen molar-refractivity contribution in [2.75, 3.05) is 11.5 Å². The molecule has 0 aliphatic heterocycles. The first kappa shape index (κ1) is 65.7. The van der Waals surface area contributed by atoms with Gasteiger partial charge in [-0.3, -0.25) is 9.59 Å². The summed E-state index contributed by atoms with van der Waals surface area (Å²) in [4.78, 5) is 24.5. The molecule has 0 bridgehead atoms. The van der Waals surface area contributed by atoms with Gasteiger partial charge in [0.25, 0.3) is 0 Å². The van der Waals surface area contributed by atoms with Crippen LogP contribution in [-0.4, -0.2) is 73.7 Å². The molecule has 6 N–H and O–H groups in total. The van der Waals surface area contributed by atoms with Crippen LogP contribution in [0.5, 0.6) is 11.5 Å². The van der Waals surface area contributed by atoms with Gasteiger partial charge in [0.15, 0.2) is 23.1 Å². The fourth-order valence-corrected chi connectivity index (χ4v) is 9.95. The van der Waals surface area contributed by atoms with E-state index in [1.165, 1.54) is 60.7 Å². The molecule has 0 saturated heterocycles. The average Bonchev–Trinajstić information content (AvgIpc) is 3.35. The maximum atomic E-state index is 13.9. The second-order valence-corrected chi connectivity index (χ2v) is 21.5. The summed E-state index contributed by atoms with van der Waals surface area (Å²) in [5.74, 6) is -3.06. The Hall–Kier alpha value is -5.14. The number of benzene rings is 8. The molecule has 1 aliphatic rings. The number of aromatic hydroxyl groups is 2. The molecular weight excluding hydrogens is 1170 g/mol. The summed E-state index contributed by atoms with van der Waals surface area (Å²) in [5, 5.41) is 53.3. The van der Waals surface area contributed by atoms with Crippen LogP contribution in [0.25, 0.3) is 21.5 Å². The van der Waals surface area contributed by atoms with E-state index < -0.39 is 94.5 Å². The third-order valence-corrected chi connectivity index (χ3v) is 14.7. The molecular formula is C46H26N10Na4O16S4. The summed E-state index contributed by atoms with van der Waals surface area (Å²) in [6.07, 6.45) is 0. The van der Waals surface area contributed by atoms with E-state index in [1.54, 1.807) is 0 Å². The number of phenols is 2. The number of anilines is 2. The second kappa shape index (κ2) is 25.2. The number of carbonyl (C=O) groups is 2. The first-order valence-electron chi connectivity index (χ1n) is 20.9. The molecule has 0 amide bonds. The summed E-state index contributed by atoms with van der Waals surface area (Å²) in [5.41, 5.74) is 9.65. The first-order chi connectivity index (χ1) is 35.7. The van der Waals surface area contributed by atoms with Crippen LogP contribution in [0.3, 0.4) is 0 Å². The minimum atomic E-state index is -5.41. The van der Waals surface area contributed by atoms with Gasteiger partial charge in [-0.1, -0.05) is 0 Å². The van der Waals surface area contributed by atoms with Crippen LogP contribution >= 0.6 is 0 Å². The fraction of sp³-hybridized carbons (Fsp3) is 0. The van der Waals surface area contributed by atoms with Gasteiger partial charge in [0.2, 0.25) is 0 Å². The molecule has 8 aromatic carbocycles. The third-order valence-electron chi connectivity index (χ3n) is 11.3. The molecule has 80 heavy (non-hydrogen) atoms. The number of nitrogens with zero attached hydrogens (tertiary/aromatic N) is 8.